The van der Waals surface area contributed by atoms with E-state index >= 15 is 0 Å². The molecule has 0 aromatic heterocycles. The number of carboxylic acids is 1. The Labute approximate surface area is 97.4 Å². The van der Waals surface area contributed by atoms with E-state index in [0.717, 1.165) is 0 Å². The summed E-state index contributed by atoms with van der Waals surface area (Å²) in [4.78, 5) is 22.6. The lowest BCUT2D eigenvalue weighted by molar-refractivity contribution is -0.139. The van der Waals surface area contributed by atoms with Gasteiger partial charge in [-0.2, -0.15) is 0 Å². The summed E-state index contributed by atoms with van der Waals surface area (Å²) >= 11 is 0. The molecular formula is C12H11NO4. The van der Waals surface area contributed by atoms with E-state index in [1.807, 2.05) is 6.07 Å². The third-order valence-electron chi connectivity index (χ3n) is 3.20. The Balaban J connectivity index is 1.81. The van der Waals surface area contributed by atoms with Gasteiger partial charge in [-0.1, -0.05) is 12.1 Å². The molecule has 1 aliphatic carbocycles. The fourth-order valence-electron chi connectivity index (χ4n) is 2.18. The first-order chi connectivity index (χ1) is 8.16. The molecule has 5 heteroatoms. The summed E-state index contributed by atoms with van der Waals surface area (Å²) in [5, 5.41) is 11.6. The van der Waals surface area contributed by atoms with Gasteiger partial charge in [0.25, 0.3) is 5.91 Å². The van der Waals surface area contributed by atoms with Crippen molar-refractivity contribution in [1.82, 2.24) is 0 Å². The molecule has 5 nitrogen and oxygen atoms in total. The number of aliphatic carboxylic acids is 1. The number of rotatable bonds is 2. The van der Waals surface area contributed by atoms with Gasteiger partial charge in [-0.05, 0) is 18.6 Å². The van der Waals surface area contributed by atoms with Crippen LogP contribution in [-0.4, -0.2) is 23.1 Å². The zero-order valence-corrected chi connectivity index (χ0v) is 8.92. The standard InChI is InChI=1S/C12H11NO4/c14-11-10(6-5-7(6)12(15)16)17-9-4-2-1-3-8(9)13-11/h1-4,6-7,10H,5H2,(H,13,14)(H,15,16). The van der Waals surface area contributed by atoms with Crippen molar-refractivity contribution >= 4 is 17.6 Å². The Hall–Kier alpha value is -2.04. The van der Waals surface area contributed by atoms with Crippen LogP contribution in [0.2, 0.25) is 0 Å². The van der Waals surface area contributed by atoms with Crippen LogP contribution in [0.1, 0.15) is 6.42 Å². The van der Waals surface area contributed by atoms with Crippen molar-refractivity contribution in [3.8, 4) is 5.75 Å². The molecule has 17 heavy (non-hydrogen) atoms. The van der Waals surface area contributed by atoms with Gasteiger partial charge in [0, 0.05) is 5.92 Å². The third-order valence-corrected chi connectivity index (χ3v) is 3.20. The summed E-state index contributed by atoms with van der Waals surface area (Å²) in [6.07, 6.45) is -0.165. The molecule has 1 saturated carbocycles. The fraction of sp³-hybridized carbons (Fsp3) is 0.333. The summed E-state index contributed by atoms with van der Waals surface area (Å²) < 4.78 is 5.57. The van der Waals surface area contributed by atoms with Crippen molar-refractivity contribution in [2.45, 2.75) is 12.5 Å². The van der Waals surface area contributed by atoms with Gasteiger partial charge in [0.1, 0.15) is 5.75 Å². The van der Waals surface area contributed by atoms with Crippen molar-refractivity contribution in [1.29, 1.82) is 0 Å². The second kappa shape index (κ2) is 3.48. The van der Waals surface area contributed by atoms with Gasteiger partial charge in [0.15, 0.2) is 6.10 Å². The van der Waals surface area contributed by atoms with Crippen LogP contribution >= 0.6 is 0 Å². The van der Waals surface area contributed by atoms with Gasteiger partial charge in [0.05, 0.1) is 11.6 Å². The van der Waals surface area contributed by atoms with Crippen LogP contribution in [0.15, 0.2) is 24.3 Å². The quantitative estimate of drug-likeness (QED) is 0.802. The normalized spacial score (nSPS) is 29.9. The van der Waals surface area contributed by atoms with E-state index in [4.69, 9.17) is 9.84 Å². The number of hydrogen-bond donors (Lipinski definition) is 2. The molecule has 0 radical (unpaired) electrons. The number of nitrogens with one attached hydrogen (secondary N) is 1. The number of fused-ring (bicyclic) bond motifs is 1. The van der Waals surface area contributed by atoms with Crippen LogP contribution in [0, 0.1) is 11.8 Å². The SMILES string of the molecule is O=C(O)C1CC1C1Oc2ccccc2NC1=O. The van der Waals surface area contributed by atoms with Gasteiger partial charge in [-0.15, -0.1) is 0 Å². The molecule has 1 aromatic rings. The predicted octanol–water partition coefficient (Wildman–Crippen LogP) is 1.11. The number of carbonyl (C=O) groups is 2. The zero-order valence-electron chi connectivity index (χ0n) is 8.92. The minimum atomic E-state index is -0.856. The molecule has 2 aliphatic rings. The van der Waals surface area contributed by atoms with Crippen LogP contribution in [0.3, 0.4) is 0 Å². The Morgan fingerprint density at radius 3 is 2.88 bits per heavy atom. The Morgan fingerprint density at radius 2 is 2.18 bits per heavy atom. The zero-order chi connectivity index (χ0) is 12.0. The Morgan fingerprint density at radius 1 is 1.41 bits per heavy atom. The molecule has 2 N–H and O–H groups in total. The van der Waals surface area contributed by atoms with E-state index in [-0.39, 0.29) is 11.8 Å². The van der Waals surface area contributed by atoms with Gasteiger partial charge in [-0.25, -0.2) is 0 Å². The number of hydrogen-bond acceptors (Lipinski definition) is 3. The molecule has 3 atom stereocenters. The number of carboxylic acid groups (broad SMARTS) is 1. The average molecular weight is 233 g/mol. The minimum Gasteiger partial charge on any atom is -0.481 e. The monoisotopic (exact) mass is 233 g/mol. The second-order valence-corrected chi connectivity index (χ2v) is 4.37. The predicted molar refractivity (Wildman–Crippen MR) is 58.7 cm³/mol. The highest BCUT2D eigenvalue weighted by Gasteiger charge is 2.53. The number of amides is 1. The van der Waals surface area contributed by atoms with E-state index in [1.165, 1.54) is 0 Å². The van der Waals surface area contributed by atoms with Crippen molar-refractivity contribution < 1.29 is 19.4 Å². The molecule has 3 unspecified atom stereocenters. The van der Waals surface area contributed by atoms with E-state index in [2.05, 4.69) is 5.32 Å². The maximum Gasteiger partial charge on any atom is 0.306 e. The minimum absolute atomic E-state index is 0.208. The van der Waals surface area contributed by atoms with Gasteiger partial charge in [0.2, 0.25) is 0 Å². The highest BCUT2D eigenvalue weighted by atomic mass is 16.5. The van der Waals surface area contributed by atoms with E-state index < -0.39 is 18.0 Å². The molecule has 1 aliphatic heterocycles. The van der Waals surface area contributed by atoms with Crippen molar-refractivity contribution in [2.24, 2.45) is 11.8 Å². The van der Waals surface area contributed by atoms with Crippen LogP contribution in [-0.2, 0) is 9.59 Å². The highest BCUT2D eigenvalue weighted by Crippen LogP contribution is 2.45. The largest absolute Gasteiger partial charge is 0.481 e. The second-order valence-electron chi connectivity index (χ2n) is 4.37. The lowest BCUT2D eigenvalue weighted by atomic mass is 10.1. The first-order valence-corrected chi connectivity index (χ1v) is 5.46. The molecule has 1 aromatic carbocycles. The molecule has 0 spiro atoms. The third kappa shape index (κ3) is 1.63. The van der Waals surface area contributed by atoms with Crippen LogP contribution in [0.5, 0.6) is 5.75 Å². The Bertz CT molecular complexity index is 499. The highest BCUT2D eigenvalue weighted by molar-refractivity contribution is 5.98. The average Bonchev–Trinajstić information content (AvgIpc) is 3.08. The number of ether oxygens (including phenoxy) is 1. The smallest absolute Gasteiger partial charge is 0.306 e. The molecule has 0 saturated heterocycles. The Kier molecular flexibility index (Phi) is 2.07. The lowest BCUT2D eigenvalue weighted by Crippen LogP contribution is -2.39. The fourth-order valence-corrected chi connectivity index (χ4v) is 2.18. The topological polar surface area (TPSA) is 75.6 Å². The summed E-state index contributed by atoms with van der Waals surface area (Å²) in [6.45, 7) is 0. The van der Waals surface area contributed by atoms with Gasteiger partial charge in [-0.3, -0.25) is 9.59 Å². The molecule has 88 valence electrons. The number of benzene rings is 1. The van der Waals surface area contributed by atoms with Gasteiger partial charge >= 0.3 is 5.97 Å². The van der Waals surface area contributed by atoms with E-state index in [1.54, 1.807) is 18.2 Å². The summed E-state index contributed by atoms with van der Waals surface area (Å²) in [6, 6.07) is 7.14. The maximum atomic E-state index is 11.8. The molecule has 1 heterocycles. The van der Waals surface area contributed by atoms with Crippen LogP contribution in [0.4, 0.5) is 5.69 Å². The van der Waals surface area contributed by atoms with E-state index in [9.17, 15) is 9.59 Å². The number of anilines is 1. The first kappa shape index (κ1) is 10.1. The van der Waals surface area contributed by atoms with Crippen molar-refractivity contribution in [3.05, 3.63) is 24.3 Å². The molecule has 1 amide bonds. The van der Waals surface area contributed by atoms with Crippen LogP contribution < -0.4 is 10.1 Å². The van der Waals surface area contributed by atoms with Crippen molar-refractivity contribution in [2.75, 3.05) is 5.32 Å². The molecule has 3 rings (SSSR count). The summed E-state index contributed by atoms with van der Waals surface area (Å²) in [5.41, 5.74) is 0.640. The lowest BCUT2D eigenvalue weighted by Gasteiger charge is -2.25. The maximum absolute atomic E-state index is 11.8. The molecule has 1 fully saturated rings. The summed E-state index contributed by atoms with van der Waals surface area (Å²) in [5.74, 6) is -1.16. The number of para-hydroxylation sites is 2. The number of carbonyl (C=O) groups excluding carboxylic acids is 1. The van der Waals surface area contributed by atoms with Crippen LogP contribution in [0.25, 0.3) is 0 Å². The summed E-state index contributed by atoms with van der Waals surface area (Å²) in [7, 11) is 0. The van der Waals surface area contributed by atoms with Gasteiger partial charge < -0.3 is 15.2 Å². The first-order valence-electron chi connectivity index (χ1n) is 5.46. The molecular weight excluding hydrogens is 222 g/mol. The van der Waals surface area contributed by atoms with E-state index in [0.29, 0.717) is 17.9 Å². The van der Waals surface area contributed by atoms with Crippen molar-refractivity contribution in [3.63, 3.8) is 0 Å². The molecule has 0 bridgehead atoms.